The fraction of sp³-hybridized carbons (Fsp3) is 0.714. The molecule has 3 amide bonds. The Balaban J connectivity index is 5.62. The predicted molar refractivity (Wildman–Crippen MR) is 133 cm³/mol. The molecule has 0 aromatic rings. The zero-order valence-corrected chi connectivity index (χ0v) is 20.9. The molecule has 0 aliphatic carbocycles. The second kappa shape index (κ2) is 17.9. The molecule has 0 bridgehead atoms. The molecule has 16 heteroatoms. The van der Waals surface area contributed by atoms with Gasteiger partial charge in [-0.25, -0.2) is 4.79 Å². The lowest BCUT2D eigenvalue weighted by atomic mass is 10.0. The van der Waals surface area contributed by atoms with Gasteiger partial charge in [0.05, 0.1) is 12.1 Å². The number of carbonyl (C=O) groups excluding carboxylic acids is 3. The van der Waals surface area contributed by atoms with Gasteiger partial charge in [0.1, 0.15) is 12.1 Å². The quantitative estimate of drug-likeness (QED) is 0.0436. The van der Waals surface area contributed by atoms with E-state index in [9.17, 15) is 34.2 Å². The molecule has 5 atom stereocenters. The Morgan fingerprint density at radius 2 is 1.38 bits per heavy atom. The average Bonchev–Trinajstić information content (AvgIpc) is 2.81. The second-order valence-electron chi connectivity index (χ2n) is 8.46. The normalized spacial score (nSPS) is 14.8. The van der Waals surface area contributed by atoms with Crippen LogP contribution in [0.3, 0.4) is 0 Å². The van der Waals surface area contributed by atoms with Gasteiger partial charge in [-0.15, -0.1) is 0 Å². The van der Waals surface area contributed by atoms with Gasteiger partial charge in [-0.2, -0.15) is 0 Å². The van der Waals surface area contributed by atoms with Crippen LogP contribution < -0.4 is 38.9 Å². The molecule has 0 radical (unpaired) electrons. The number of carbonyl (C=O) groups is 5. The molecule has 0 saturated carbocycles. The van der Waals surface area contributed by atoms with Crippen molar-refractivity contribution in [3.8, 4) is 0 Å². The number of nitrogens with zero attached hydrogens (tertiary/aromatic N) is 1. The van der Waals surface area contributed by atoms with E-state index in [2.05, 4.69) is 20.9 Å². The molecule has 37 heavy (non-hydrogen) atoms. The fourth-order valence-corrected chi connectivity index (χ4v) is 3.14. The third-order valence-corrected chi connectivity index (χ3v) is 5.21. The van der Waals surface area contributed by atoms with Crippen LogP contribution in [-0.4, -0.2) is 94.3 Å². The number of unbranched alkanes of at least 4 members (excludes halogenated alkanes) is 1. The number of hydrogen-bond donors (Lipinski definition) is 10. The lowest BCUT2D eigenvalue weighted by molar-refractivity contribution is -0.145. The molecule has 0 fully saturated rings. The third kappa shape index (κ3) is 14.6. The molecule has 0 aromatic carbocycles. The minimum absolute atomic E-state index is 0.0442. The van der Waals surface area contributed by atoms with Crippen molar-refractivity contribution in [2.24, 2.45) is 27.9 Å². The summed E-state index contributed by atoms with van der Waals surface area (Å²) in [5.74, 6) is -5.15. The first kappa shape index (κ1) is 33.5. The molecule has 0 spiro atoms. The molecular formula is C21H40N8O8. The van der Waals surface area contributed by atoms with E-state index in [1.54, 1.807) is 0 Å². The van der Waals surface area contributed by atoms with Crippen molar-refractivity contribution in [1.82, 2.24) is 16.0 Å². The van der Waals surface area contributed by atoms with E-state index in [1.165, 1.54) is 6.92 Å². The van der Waals surface area contributed by atoms with Gasteiger partial charge in [0, 0.05) is 13.0 Å². The van der Waals surface area contributed by atoms with Gasteiger partial charge in [0.25, 0.3) is 0 Å². The Morgan fingerprint density at radius 1 is 0.838 bits per heavy atom. The highest BCUT2D eigenvalue weighted by Crippen LogP contribution is 2.07. The van der Waals surface area contributed by atoms with Gasteiger partial charge in [-0.1, -0.05) is 0 Å². The number of carboxylic acids is 2. The second-order valence-corrected chi connectivity index (χ2v) is 8.46. The van der Waals surface area contributed by atoms with Crippen molar-refractivity contribution in [2.75, 3.05) is 13.1 Å². The number of aliphatic hydroxyl groups excluding tert-OH is 1. The van der Waals surface area contributed by atoms with Crippen LogP contribution in [0.1, 0.15) is 51.9 Å². The van der Waals surface area contributed by atoms with E-state index in [-0.39, 0.29) is 44.6 Å². The topological polar surface area (TPSA) is 299 Å². The maximum absolute atomic E-state index is 13.1. The molecule has 212 valence electrons. The highest BCUT2D eigenvalue weighted by Gasteiger charge is 2.31. The van der Waals surface area contributed by atoms with Crippen LogP contribution in [0.2, 0.25) is 0 Å². The first-order chi connectivity index (χ1) is 17.3. The van der Waals surface area contributed by atoms with E-state index in [4.69, 9.17) is 28.0 Å². The van der Waals surface area contributed by atoms with Crippen molar-refractivity contribution in [3.63, 3.8) is 0 Å². The average molecular weight is 533 g/mol. The molecule has 0 heterocycles. The van der Waals surface area contributed by atoms with E-state index in [1.807, 2.05) is 0 Å². The first-order valence-electron chi connectivity index (χ1n) is 11.8. The molecule has 0 aliphatic rings. The number of aliphatic imine (C=N–C) groups is 1. The zero-order valence-electron chi connectivity index (χ0n) is 20.9. The minimum Gasteiger partial charge on any atom is -0.481 e. The summed E-state index contributed by atoms with van der Waals surface area (Å²) in [5, 5.41) is 34.8. The van der Waals surface area contributed by atoms with E-state index in [0.717, 1.165) is 0 Å². The molecule has 16 nitrogen and oxygen atoms in total. The summed E-state index contributed by atoms with van der Waals surface area (Å²) in [4.78, 5) is 64.3. The van der Waals surface area contributed by atoms with E-state index < -0.39 is 59.9 Å². The van der Waals surface area contributed by atoms with Crippen LogP contribution in [0.25, 0.3) is 0 Å². The number of carboxylic acid groups (broad SMARTS) is 2. The highest BCUT2D eigenvalue weighted by atomic mass is 16.4. The van der Waals surface area contributed by atoms with Gasteiger partial charge >= 0.3 is 11.9 Å². The summed E-state index contributed by atoms with van der Waals surface area (Å²) in [6.07, 6.45) is -0.573. The lowest BCUT2D eigenvalue weighted by Gasteiger charge is -2.26. The summed E-state index contributed by atoms with van der Waals surface area (Å²) < 4.78 is 0. The molecule has 0 aromatic heterocycles. The van der Waals surface area contributed by atoms with Gasteiger partial charge < -0.3 is 54.2 Å². The van der Waals surface area contributed by atoms with Crippen LogP contribution >= 0.6 is 0 Å². The van der Waals surface area contributed by atoms with Crippen molar-refractivity contribution in [2.45, 2.75) is 82.1 Å². The molecule has 0 saturated heterocycles. The third-order valence-electron chi connectivity index (χ3n) is 5.21. The van der Waals surface area contributed by atoms with Crippen molar-refractivity contribution >= 4 is 35.6 Å². The van der Waals surface area contributed by atoms with Gasteiger partial charge in [0.2, 0.25) is 17.7 Å². The number of nitrogens with two attached hydrogens (primary N) is 4. The van der Waals surface area contributed by atoms with Crippen LogP contribution in [0.4, 0.5) is 0 Å². The molecule has 0 aliphatic heterocycles. The minimum atomic E-state index is -1.61. The Bertz CT molecular complexity index is 803. The van der Waals surface area contributed by atoms with Gasteiger partial charge in [-0.3, -0.25) is 24.2 Å². The van der Waals surface area contributed by atoms with E-state index >= 15 is 0 Å². The van der Waals surface area contributed by atoms with Gasteiger partial charge in [-0.05, 0) is 52.0 Å². The fourth-order valence-electron chi connectivity index (χ4n) is 3.14. The van der Waals surface area contributed by atoms with E-state index in [0.29, 0.717) is 19.4 Å². The monoisotopic (exact) mass is 532 g/mol. The van der Waals surface area contributed by atoms with Crippen LogP contribution in [0.15, 0.2) is 4.99 Å². The summed E-state index contributed by atoms with van der Waals surface area (Å²) in [7, 11) is 0. The number of aliphatic carboxylic acids is 2. The number of hydrogen-bond acceptors (Lipinski definition) is 9. The maximum Gasteiger partial charge on any atom is 0.328 e. The number of amides is 3. The van der Waals surface area contributed by atoms with Crippen LogP contribution in [0.5, 0.6) is 0 Å². The molecule has 14 N–H and O–H groups in total. The summed E-state index contributed by atoms with van der Waals surface area (Å²) in [6, 6.07) is -5.19. The maximum atomic E-state index is 13.1. The first-order valence-corrected chi connectivity index (χ1v) is 11.8. The smallest absolute Gasteiger partial charge is 0.328 e. The predicted octanol–water partition coefficient (Wildman–Crippen LogP) is -3.72. The van der Waals surface area contributed by atoms with Gasteiger partial charge in [0.15, 0.2) is 12.0 Å². The Labute approximate surface area is 214 Å². The molecular weight excluding hydrogens is 492 g/mol. The number of nitrogens with one attached hydrogen (secondary N) is 3. The van der Waals surface area contributed by atoms with Crippen molar-refractivity contribution in [1.29, 1.82) is 0 Å². The summed E-state index contributed by atoms with van der Waals surface area (Å²) >= 11 is 0. The number of rotatable bonds is 19. The highest BCUT2D eigenvalue weighted by molar-refractivity contribution is 5.94. The largest absolute Gasteiger partial charge is 0.481 e. The SMILES string of the molecule is CC(O)C(NC(=O)C(CCCCN)NC(=O)C(CCCN=C(N)N)NC(=O)C(N)CCC(=O)O)C(=O)O. The van der Waals surface area contributed by atoms with Crippen molar-refractivity contribution < 1.29 is 39.3 Å². The Kier molecular flexibility index (Phi) is 16.2. The standard InChI is InChI=1S/C21H40N8O8/c1-11(30)16(20(36)37)29-19(35)13(5-2-3-9-22)28-18(34)14(6-4-10-26-21(24)25)27-17(33)12(23)7-8-15(31)32/h11-14,16,30H,2-10,22-23H2,1H3,(H,27,33)(H,28,34)(H,29,35)(H,31,32)(H,36,37)(H4,24,25,26). The summed E-state index contributed by atoms with van der Waals surface area (Å²) in [5.41, 5.74) is 21.8. The van der Waals surface area contributed by atoms with Crippen LogP contribution in [0, 0.1) is 0 Å². The van der Waals surface area contributed by atoms with Crippen LogP contribution in [-0.2, 0) is 24.0 Å². The number of guanidine groups is 1. The summed E-state index contributed by atoms with van der Waals surface area (Å²) in [6.45, 7) is 1.66. The zero-order chi connectivity index (χ0) is 28.5. The lowest BCUT2D eigenvalue weighted by Crippen LogP contribution is -2.58. The van der Waals surface area contributed by atoms with Crippen molar-refractivity contribution in [3.05, 3.63) is 0 Å². The molecule has 0 rings (SSSR count). The Hall–Kier alpha value is -3.50. The Morgan fingerprint density at radius 3 is 1.86 bits per heavy atom. The number of aliphatic hydroxyl groups is 1. The molecule has 5 unspecified atom stereocenters.